The van der Waals surface area contributed by atoms with E-state index < -0.39 is 0 Å². The van der Waals surface area contributed by atoms with Crippen LogP contribution in [0.25, 0.3) is 0 Å². The molecule has 0 bridgehead atoms. The normalized spacial score (nSPS) is 26.5. The number of benzene rings is 1. The molecule has 0 amide bonds. The Balaban J connectivity index is 2.43. The zero-order chi connectivity index (χ0) is 10.7. The Morgan fingerprint density at radius 2 is 2.13 bits per heavy atom. The zero-order valence-electron chi connectivity index (χ0n) is 8.61. The summed E-state index contributed by atoms with van der Waals surface area (Å²) in [5.41, 5.74) is 1.42. The van der Waals surface area contributed by atoms with Gasteiger partial charge < -0.3 is 0 Å². The van der Waals surface area contributed by atoms with Crippen molar-refractivity contribution in [2.24, 2.45) is 0 Å². The van der Waals surface area contributed by atoms with Crippen LogP contribution in [0.5, 0.6) is 0 Å². The minimum atomic E-state index is 0.464. The molecule has 0 nitrogen and oxygen atoms in total. The van der Waals surface area contributed by atoms with E-state index in [0.717, 1.165) is 5.75 Å². The molecule has 2 heteroatoms. The summed E-state index contributed by atoms with van der Waals surface area (Å²) in [6, 6.07) is 8.65. The molecule has 1 aliphatic heterocycles. The molecule has 78 valence electrons. The molecule has 1 aromatic rings. The maximum Gasteiger partial charge on any atom is 0.0164 e. The van der Waals surface area contributed by atoms with Crippen molar-refractivity contribution in [1.82, 2.24) is 0 Å². The van der Waals surface area contributed by atoms with E-state index in [1.807, 2.05) is 11.8 Å². The molecule has 2 rings (SSSR count). The van der Waals surface area contributed by atoms with E-state index >= 15 is 0 Å². The highest BCUT2D eigenvalue weighted by Gasteiger charge is 2.09. The van der Waals surface area contributed by atoms with Gasteiger partial charge in [-0.05, 0) is 11.6 Å². The quantitative estimate of drug-likeness (QED) is 0.662. The molecule has 1 aromatic carbocycles. The van der Waals surface area contributed by atoms with Gasteiger partial charge in [0.05, 0.1) is 0 Å². The molecule has 1 unspecified atom stereocenters. The number of halogens is 1. The second-order valence-electron chi connectivity index (χ2n) is 3.59. The van der Waals surface area contributed by atoms with Crippen molar-refractivity contribution in [2.45, 2.75) is 17.7 Å². The lowest BCUT2D eigenvalue weighted by Gasteiger charge is -2.11. The van der Waals surface area contributed by atoms with E-state index in [1.165, 1.54) is 14.9 Å². The van der Waals surface area contributed by atoms with Crippen molar-refractivity contribution < 1.29 is 0 Å². The molecule has 1 aliphatic rings. The fourth-order valence-electron chi connectivity index (χ4n) is 1.67. The van der Waals surface area contributed by atoms with Crippen LogP contribution in [-0.2, 0) is 0 Å². The van der Waals surface area contributed by atoms with E-state index in [2.05, 4.69) is 65.3 Å². The van der Waals surface area contributed by atoms with Crippen molar-refractivity contribution in [3.63, 3.8) is 0 Å². The number of hydrogen-bond donors (Lipinski definition) is 0. The van der Waals surface area contributed by atoms with E-state index in [-0.39, 0.29) is 0 Å². The van der Waals surface area contributed by atoms with Gasteiger partial charge in [-0.15, -0.1) is 11.8 Å². The summed E-state index contributed by atoms with van der Waals surface area (Å²) in [5.74, 6) is 1.50. The maximum atomic E-state index is 3.56. The average molecular weight is 281 g/mol. The Morgan fingerprint density at radius 3 is 3.00 bits per heavy atom. The van der Waals surface area contributed by atoms with Crippen LogP contribution in [0.4, 0.5) is 0 Å². The van der Waals surface area contributed by atoms with Gasteiger partial charge in [-0.1, -0.05) is 59.3 Å². The summed E-state index contributed by atoms with van der Waals surface area (Å²) < 4.78 is 1.17. The van der Waals surface area contributed by atoms with E-state index in [0.29, 0.717) is 5.92 Å². The van der Waals surface area contributed by atoms with E-state index in [4.69, 9.17) is 0 Å². The van der Waals surface area contributed by atoms with Crippen LogP contribution < -0.4 is 0 Å². The zero-order valence-corrected chi connectivity index (χ0v) is 11.0. The maximum absolute atomic E-state index is 3.56. The summed E-state index contributed by atoms with van der Waals surface area (Å²) in [7, 11) is 0. The summed E-state index contributed by atoms with van der Waals surface area (Å²) >= 11 is 5.47. The third kappa shape index (κ3) is 2.76. The highest BCUT2D eigenvalue weighted by Crippen LogP contribution is 2.32. The van der Waals surface area contributed by atoms with Crippen LogP contribution in [0, 0.1) is 0 Å². The molecular weight excluding hydrogens is 268 g/mol. The molecule has 0 saturated heterocycles. The Labute approximate surface area is 104 Å². The topological polar surface area (TPSA) is 0 Å². The van der Waals surface area contributed by atoms with Crippen molar-refractivity contribution in [3.8, 4) is 0 Å². The molecular formula is C13H13BrS. The largest absolute Gasteiger partial charge is 0.122 e. The van der Waals surface area contributed by atoms with Crippen LogP contribution in [0.3, 0.4) is 0 Å². The Hall–Kier alpha value is -0.470. The van der Waals surface area contributed by atoms with Gasteiger partial charge in [-0.25, -0.2) is 0 Å². The highest BCUT2D eigenvalue weighted by molar-refractivity contribution is 9.11. The van der Waals surface area contributed by atoms with Crippen LogP contribution >= 0.6 is 27.7 Å². The monoisotopic (exact) mass is 280 g/mol. The molecule has 0 radical (unpaired) electrons. The summed E-state index contributed by atoms with van der Waals surface area (Å²) in [6.07, 6.45) is 6.58. The summed E-state index contributed by atoms with van der Waals surface area (Å²) in [6.45, 7) is 2.24. The number of thioether (sulfide) groups is 1. The van der Waals surface area contributed by atoms with Gasteiger partial charge in [0.1, 0.15) is 0 Å². The van der Waals surface area contributed by atoms with Crippen LogP contribution in [-0.4, -0.2) is 5.75 Å². The molecule has 0 fully saturated rings. The lowest BCUT2D eigenvalue weighted by molar-refractivity contribution is 0.934. The second kappa shape index (κ2) is 5.04. The molecule has 0 N–H and O–H groups in total. The molecule has 0 aromatic heterocycles. The average Bonchev–Trinajstić information content (AvgIpc) is 2.30. The SMILES string of the molecule is CC1/C=C(Br)\C=C/CSc2ccccc21. The smallest absolute Gasteiger partial charge is 0.0164 e. The first-order valence-electron chi connectivity index (χ1n) is 5.03. The number of rotatable bonds is 0. The standard InChI is InChI=1S/C13H13BrS/c1-10-9-11(14)5-4-8-15-13-7-3-2-6-12(10)13/h2-7,9-10H,8H2,1H3/b5-4-,11-9+. The van der Waals surface area contributed by atoms with Gasteiger partial charge >= 0.3 is 0 Å². The lowest BCUT2D eigenvalue weighted by Crippen LogP contribution is -1.92. The van der Waals surface area contributed by atoms with Gasteiger partial charge in [0.15, 0.2) is 0 Å². The van der Waals surface area contributed by atoms with E-state index in [1.54, 1.807) is 0 Å². The van der Waals surface area contributed by atoms with Gasteiger partial charge in [0.25, 0.3) is 0 Å². The van der Waals surface area contributed by atoms with Crippen LogP contribution in [0.15, 0.2) is 51.9 Å². The fourth-order valence-corrected chi connectivity index (χ4v) is 3.22. The number of allylic oxidation sites excluding steroid dienone is 3. The Morgan fingerprint density at radius 1 is 1.33 bits per heavy atom. The van der Waals surface area contributed by atoms with E-state index in [9.17, 15) is 0 Å². The van der Waals surface area contributed by atoms with Gasteiger partial charge in [-0.2, -0.15) is 0 Å². The second-order valence-corrected chi connectivity index (χ2v) is 5.57. The van der Waals surface area contributed by atoms with Gasteiger partial charge in [-0.3, -0.25) is 0 Å². The minimum Gasteiger partial charge on any atom is -0.122 e. The van der Waals surface area contributed by atoms with Crippen LogP contribution in [0.1, 0.15) is 18.4 Å². The van der Waals surface area contributed by atoms with Crippen molar-refractivity contribution >= 4 is 27.7 Å². The molecule has 1 atom stereocenters. The first kappa shape index (κ1) is 11.0. The predicted molar refractivity (Wildman–Crippen MR) is 71.7 cm³/mol. The van der Waals surface area contributed by atoms with Crippen LogP contribution in [0.2, 0.25) is 0 Å². The van der Waals surface area contributed by atoms with Crippen molar-refractivity contribution in [1.29, 1.82) is 0 Å². The first-order valence-corrected chi connectivity index (χ1v) is 6.81. The molecule has 1 heterocycles. The third-order valence-electron chi connectivity index (χ3n) is 2.43. The summed E-state index contributed by atoms with van der Waals surface area (Å²) in [5, 5.41) is 0. The van der Waals surface area contributed by atoms with Gasteiger partial charge in [0, 0.05) is 21.0 Å². The minimum absolute atomic E-state index is 0.464. The molecule has 0 aliphatic carbocycles. The first-order chi connectivity index (χ1) is 7.27. The highest BCUT2D eigenvalue weighted by atomic mass is 79.9. The molecule has 0 spiro atoms. The fraction of sp³-hybridized carbons (Fsp3) is 0.231. The van der Waals surface area contributed by atoms with Gasteiger partial charge in [0.2, 0.25) is 0 Å². The predicted octanol–water partition coefficient (Wildman–Crippen LogP) is 4.73. The Kier molecular flexibility index (Phi) is 3.71. The Bertz CT molecular complexity index is 407. The molecule has 15 heavy (non-hydrogen) atoms. The van der Waals surface area contributed by atoms with Crippen molar-refractivity contribution in [3.05, 3.63) is 52.5 Å². The third-order valence-corrected chi connectivity index (χ3v) is 4.00. The summed E-state index contributed by atoms with van der Waals surface area (Å²) in [4.78, 5) is 1.40. The van der Waals surface area contributed by atoms with Crippen molar-refractivity contribution in [2.75, 3.05) is 5.75 Å². The number of fused-ring (bicyclic) bond motifs is 1. The number of hydrogen-bond acceptors (Lipinski definition) is 1. The lowest BCUT2D eigenvalue weighted by atomic mass is 10.0. The molecule has 0 saturated carbocycles.